The lowest BCUT2D eigenvalue weighted by Crippen LogP contribution is -2.18. The Labute approximate surface area is 144 Å². The molecule has 0 amide bonds. The Bertz CT molecular complexity index is 518. The Hall–Kier alpha value is -1.32. The first-order chi connectivity index (χ1) is 10.8. The largest absolute Gasteiger partial charge is 0.485 e. The van der Waals surface area contributed by atoms with Crippen molar-refractivity contribution in [2.24, 2.45) is 5.92 Å². The number of benzene rings is 1. The van der Waals surface area contributed by atoms with E-state index in [-0.39, 0.29) is 12.4 Å². The van der Waals surface area contributed by atoms with Gasteiger partial charge in [-0.3, -0.25) is 4.79 Å². The molecule has 1 N–H and O–H groups in total. The standard InChI is InChI=1S/C19H27ClO3/c1-15(8-6-12-19(2,3)22)7-4-10-17(21)14-23-18-11-5-9-16(20)13-18/h4-5,9-11,13,15,22H,6-8,12,14H2,1-3H3/b10-4+/t15-/m0/s1. The van der Waals surface area contributed by atoms with Crippen molar-refractivity contribution in [3.05, 3.63) is 41.4 Å². The van der Waals surface area contributed by atoms with E-state index in [0.29, 0.717) is 16.7 Å². The SMILES string of the molecule is C[C@@H](C/C=C/C(=O)COc1cccc(Cl)c1)CCCC(C)(C)O. The van der Waals surface area contributed by atoms with Crippen molar-refractivity contribution in [3.63, 3.8) is 0 Å². The third-order valence-corrected chi connectivity index (χ3v) is 3.74. The van der Waals surface area contributed by atoms with Gasteiger partial charge >= 0.3 is 0 Å². The molecule has 0 spiro atoms. The number of aliphatic hydroxyl groups is 1. The van der Waals surface area contributed by atoms with Crippen molar-refractivity contribution in [1.29, 1.82) is 0 Å². The lowest BCUT2D eigenvalue weighted by Gasteiger charge is -2.17. The minimum atomic E-state index is -0.594. The number of rotatable bonds is 10. The number of hydrogen-bond acceptors (Lipinski definition) is 3. The van der Waals surface area contributed by atoms with Crippen LogP contribution in [-0.4, -0.2) is 23.1 Å². The maximum atomic E-state index is 11.8. The summed E-state index contributed by atoms with van der Waals surface area (Å²) in [5, 5.41) is 10.3. The van der Waals surface area contributed by atoms with Crippen LogP contribution in [0.3, 0.4) is 0 Å². The Morgan fingerprint density at radius 3 is 2.83 bits per heavy atom. The molecule has 1 rings (SSSR count). The van der Waals surface area contributed by atoms with Crippen LogP contribution in [0.1, 0.15) is 46.5 Å². The lowest BCUT2D eigenvalue weighted by atomic mass is 9.95. The highest BCUT2D eigenvalue weighted by Gasteiger charge is 2.12. The van der Waals surface area contributed by atoms with Gasteiger partial charge in [0.1, 0.15) is 5.75 Å². The molecule has 3 nitrogen and oxygen atoms in total. The number of ether oxygens (including phenoxy) is 1. The number of allylic oxidation sites excluding steroid dienone is 1. The van der Waals surface area contributed by atoms with E-state index in [1.165, 1.54) is 0 Å². The van der Waals surface area contributed by atoms with E-state index in [1.54, 1.807) is 30.3 Å². The number of ketones is 1. The van der Waals surface area contributed by atoms with Crippen LogP contribution in [0.2, 0.25) is 5.02 Å². The summed E-state index contributed by atoms with van der Waals surface area (Å²) < 4.78 is 5.40. The summed E-state index contributed by atoms with van der Waals surface area (Å²) in [6.07, 6.45) is 7.17. The normalized spacial score (nSPS) is 13.3. The predicted octanol–water partition coefficient (Wildman–Crippen LogP) is 4.81. The molecule has 1 aromatic carbocycles. The van der Waals surface area contributed by atoms with Gasteiger partial charge in [-0.1, -0.05) is 43.5 Å². The number of carbonyl (C=O) groups is 1. The van der Waals surface area contributed by atoms with Crippen molar-refractivity contribution < 1.29 is 14.6 Å². The van der Waals surface area contributed by atoms with Crippen LogP contribution < -0.4 is 4.74 Å². The molecule has 0 saturated carbocycles. The Kier molecular flexibility index (Phi) is 8.35. The molecule has 0 unspecified atom stereocenters. The molecule has 23 heavy (non-hydrogen) atoms. The summed E-state index contributed by atoms with van der Waals surface area (Å²) in [4.78, 5) is 11.8. The molecule has 0 aliphatic rings. The zero-order valence-electron chi connectivity index (χ0n) is 14.2. The first-order valence-electron chi connectivity index (χ1n) is 8.06. The van der Waals surface area contributed by atoms with E-state index in [0.717, 1.165) is 25.7 Å². The zero-order chi connectivity index (χ0) is 17.3. The van der Waals surface area contributed by atoms with Crippen LogP contribution in [0, 0.1) is 5.92 Å². The van der Waals surface area contributed by atoms with Crippen molar-refractivity contribution in [2.75, 3.05) is 6.61 Å². The average molecular weight is 339 g/mol. The van der Waals surface area contributed by atoms with Crippen molar-refractivity contribution in [2.45, 2.75) is 52.1 Å². The monoisotopic (exact) mass is 338 g/mol. The minimum Gasteiger partial charge on any atom is -0.485 e. The quantitative estimate of drug-likeness (QED) is 0.622. The summed E-state index contributed by atoms with van der Waals surface area (Å²) in [7, 11) is 0. The molecule has 0 heterocycles. The van der Waals surface area contributed by atoms with Crippen molar-refractivity contribution in [1.82, 2.24) is 0 Å². The first-order valence-corrected chi connectivity index (χ1v) is 8.44. The molecule has 0 aliphatic heterocycles. The predicted molar refractivity (Wildman–Crippen MR) is 95.0 cm³/mol. The molecule has 0 saturated heterocycles. The van der Waals surface area contributed by atoms with E-state index in [2.05, 4.69) is 6.92 Å². The van der Waals surface area contributed by atoms with Crippen LogP contribution in [0.15, 0.2) is 36.4 Å². The fourth-order valence-corrected chi connectivity index (χ4v) is 2.37. The summed E-state index contributed by atoms with van der Waals surface area (Å²) in [6, 6.07) is 7.00. The van der Waals surface area contributed by atoms with Gasteiger partial charge in [-0.2, -0.15) is 0 Å². The number of halogens is 1. The fraction of sp³-hybridized carbons (Fsp3) is 0.526. The van der Waals surface area contributed by atoms with Gasteiger partial charge in [-0.15, -0.1) is 0 Å². The highest BCUT2D eigenvalue weighted by molar-refractivity contribution is 6.30. The Balaban J connectivity index is 2.22. The second kappa shape index (κ2) is 9.74. The molecule has 0 radical (unpaired) electrons. The van der Waals surface area contributed by atoms with Gasteiger partial charge in [0.25, 0.3) is 0 Å². The third kappa shape index (κ3) is 10.1. The van der Waals surface area contributed by atoms with Gasteiger partial charge < -0.3 is 9.84 Å². The summed E-state index contributed by atoms with van der Waals surface area (Å²) in [6.45, 7) is 5.83. The van der Waals surface area contributed by atoms with E-state index < -0.39 is 5.60 Å². The molecule has 128 valence electrons. The van der Waals surface area contributed by atoms with Crippen LogP contribution in [-0.2, 0) is 4.79 Å². The molecule has 4 heteroatoms. The lowest BCUT2D eigenvalue weighted by molar-refractivity contribution is -0.116. The van der Waals surface area contributed by atoms with Gasteiger partial charge in [0, 0.05) is 5.02 Å². The summed E-state index contributed by atoms with van der Waals surface area (Å²) in [5.74, 6) is 1.03. The molecular formula is C19H27ClO3. The van der Waals surface area contributed by atoms with Crippen LogP contribution in [0.25, 0.3) is 0 Å². The van der Waals surface area contributed by atoms with Gasteiger partial charge in [0.05, 0.1) is 5.60 Å². The second-order valence-electron chi connectivity index (χ2n) is 6.66. The summed E-state index contributed by atoms with van der Waals surface area (Å²) in [5.41, 5.74) is -0.594. The van der Waals surface area contributed by atoms with Crippen molar-refractivity contribution in [3.8, 4) is 5.75 Å². The second-order valence-corrected chi connectivity index (χ2v) is 7.10. The summed E-state index contributed by atoms with van der Waals surface area (Å²) >= 11 is 5.85. The zero-order valence-corrected chi connectivity index (χ0v) is 15.0. The van der Waals surface area contributed by atoms with Gasteiger partial charge in [-0.05, 0) is 56.9 Å². The molecular weight excluding hydrogens is 312 g/mol. The van der Waals surface area contributed by atoms with Gasteiger partial charge in [0.2, 0.25) is 0 Å². The van der Waals surface area contributed by atoms with E-state index in [9.17, 15) is 9.90 Å². The van der Waals surface area contributed by atoms with Crippen LogP contribution in [0.5, 0.6) is 5.75 Å². The first kappa shape index (κ1) is 19.7. The fourth-order valence-electron chi connectivity index (χ4n) is 2.19. The third-order valence-electron chi connectivity index (χ3n) is 3.50. The maximum Gasteiger partial charge on any atom is 0.192 e. The van der Waals surface area contributed by atoms with Gasteiger partial charge in [0.15, 0.2) is 12.4 Å². The van der Waals surface area contributed by atoms with E-state index in [4.69, 9.17) is 16.3 Å². The highest BCUT2D eigenvalue weighted by atomic mass is 35.5. The molecule has 0 aromatic heterocycles. The minimum absolute atomic E-state index is 0.0178. The van der Waals surface area contributed by atoms with E-state index >= 15 is 0 Å². The number of hydrogen-bond donors (Lipinski definition) is 1. The van der Waals surface area contributed by atoms with Gasteiger partial charge in [-0.25, -0.2) is 0 Å². The highest BCUT2D eigenvalue weighted by Crippen LogP contribution is 2.18. The van der Waals surface area contributed by atoms with Crippen LogP contribution in [0.4, 0.5) is 0 Å². The molecule has 0 bridgehead atoms. The maximum absolute atomic E-state index is 11.8. The molecule has 1 atom stereocenters. The number of carbonyl (C=O) groups excluding carboxylic acids is 1. The molecule has 1 aromatic rings. The Morgan fingerprint density at radius 2 is 2.17 bits per heavy atom. The van der Waals surface area contributed by atoms with E-state index in [1.807, 2.05) is 19.9 Å². The average Bonchev–Trinajstić information content (AvgIpc) is 2.44. The van der Waals surface area contributed by atoms with Crippen molar-refractivity contribution >= 4 is 17.4 Å². The topological polar surface area (TPSA) is 46.5 Å². The smallest absolute Gasteiger partial charge is 0.192 e. The Morgan fingerprint density at radius 1 is 1.43 bits per heavy atom. The molecule has 0 aliphatic carbocycles. The van der Waals surface area contributed by atoms with Crippen LogP contribution >= 0.6 is 11.6 Å². The molecule has 0 fully saturated rings.